The zero-order valence-corrected chi connectivity index (χ0v) is 13.2. The number of aromatic nitrogens is 4. The van der Waals surface area contributed by atoms with Gasteiger partial charge in [-0.3, -0.25) is 0 Å². The van der Waals surface area contributed by atoms with Crippen molar-refractivity contribution in [3.8, 4) is 0 Å². The van der Waals surface area contributed by atoms with Crippen LogP contribution in [0.2, 0.25) is 10.0 Å². The fraction of sp³-hybridized carbons (Fsp3) is 0. The van der Waals surface area contributed by atoms with Crippen LogP contribution in [0.25, 0.3) is 22.1 Å². The molecule has 6 nitrogen and oxygen atoms in total. The molecule has 0 saturated heterocycles. The third kappa shape index (κ3) is 2.85. The normalized spacial score (nSPS) is 10.6. The first-order valence-corrected chi connectivity index (χ1v) is 7.15. The predicted octanol–water partition coefficient (Wildman–Crippen LogP) is 4.51. The van der Waals surface area contributed by atoms with Crippen molar-refractivity contribution < 1.29 is 9.26 Å². The lowest BCUT2D eigenvalue weighted by Gasteiger charge is -1.89. The van der Waals surface area contributed by atoms with Crippen molar-refractivity contribution in [3.63, 3.8) is 0 Å². The minimum atomic E-state index is 0.546. The van der Waals surface area contributed by atoms with E-state index in [0.717, 1.165) is 4.47 Å². The topological polar surface area (TPSA) is 77.8 Å². The molecule has 0 aliphatic heterocycles. The summed E-state index contributed by atoms with van der Waals surface area (Å²) in [5.41, 5.74) is 2.54. The molecule has 2 aromatic carbocycles. The van der Waals surface area contributed by atoms with Gasteiger partial charge < -0.3 is 0 Å². The molecule has 0 fully saturated rings. The first-order chi connectivity index (χ1) is 10.2. The molecule has 0 radical (unpaired) electrons. The largest absolute Gasteiger partial charge is 0.243 e. The Morgan fingerprint density at radius 2 is 1.43 bits per heavy atom. The van der Waals surface area contributed by atoms with Crippen LogP contribution in [0.1, 0.15) is 0 Å². The Morgan fingerprint density at radius 1 is 0.762 bits per heavy atom. The predicted molar refractivity (Wildman–Crippen MR) is 81.3 cm³/mol. The van der Waals surface area contributed by atoms with E-state index in [2.05, 4.69) is 45.8 Å². The summed E-state index contributed by atoms with van der Waals surface area (Å²) >= 11 is 14.8. The first-order valence-electron chi connectivity index (χ1n) is 5.60. The number of rotatable bonds is 0. The quantitative estimate of drug-likeness (QED) is 0.441. The number of benzene rings is 2. The van der Waals surface area contributed by atoms with Gasteiger partial charge in [0.2, 0.25) is 0 Å². The lowest BCUT2D eigenvalue weighted by Crippen LogP contribution is -1.72. The molecule has 4 rings (SSSR count). The highest BCUT2D eigenvalue weighted by Gasteiger charge is 2.07. The maximum Gasteiger partial charge on any atom is 0.154 e. The monoisotopic (exact) mass is 386 g/mol. The van der Waals surface area contributed by atoms with E-state index in [0.29, 0.717) is 32.1 Å². The van der Waals surface area contributed by atoms with Crippen LogP contribution in [0.15, 0.2) is 44.1 Å². The van der Waals surface area contributed by atoms with E-state index in [1.54, 1.807) is 30.3 Å². The lowest BCUT2D eigenvalue weighted by atomic mass is 10.3. The SMILES string of the molecule is Clc1ccc(Br)c2nonc12.Clc1cccc2nonc12. The third-order valence-corrected chi connectivity index (χ3v) is 3.80. The molecule has 2 heterocycles. The van der Waals surface area contributed by atoms with Crippen molar-refractivity contribution in [1.82, 2.24) is 20.6 Å². The van der Waals surface area contributed by atoms with Crippen molar-refractivity contribution in [2.45, 2.75) is 0 Å². The van der Waals surface area contributed by atoms with Gasteiger partial charge >= 0.3 is 0 Å². The second-order valence-corrected chi connectivity index (χ2v) is 5.53. The zero-order chi connectivity index (χ0) is 14.8. The Bertz CT molecular complexity index is 872. The first kappa shape index (κ1) is 14.2. The average molecular weight is 388 g/mol. The highest BCUT2D eigenvalue weighted by atomic mass is 79.9. The van der Waals surface area contributed by atoms with Gasteiger partial charge in [0.25, 0.3) is 0 Å². The fourth-order valence-electron chi connectivity index (χ4n) is 1.58. The molecular weight excluding hydrogens is 383 g/mol. The van der Waals surface area contributed by atoms with Gasteiger partial charge in [0.15, 0.2) is 16.6 Å². The second kappa shape index (κ2) is 5.97. The second-order valence-electron chi connectivity index (χ2n) is 3.86. The van der Waals surface area contributed by atoms with Crippen LogP contribution >= 0.6 is 39.1 Å². The molecule has 9 heteroatoms. The molecule has 0 amide bonds. The summed E-state index contributed by atoms with van der Waals surface area (Å²) in [6, 6.07) is 8.87. The summed E-state index contributed by atoms with van der Waals surface area (Å²) in [5, 5.41) is 15.6. The Labute approximate surface area is 136 Å². The van der Waals surface area contributed by atoms with Gasteiger partial charge in [0, 0.05) is 4.47 Å². The molecule has 106 valence electrons. The number of nitrogens with zero attached hydrogens (tertiary/aromatic N) is 4. The molecule has 2 aromatic heterocycles. The van der Waals surface area contributed by atoms with E-state index >= 15 is 0 Å². The molecule has 0 spiro atoms. The Kier molecular flexibility index (Phi) is 4.05. The van der Waals surface area contributed by atoms with E-state index in [1.807, 2.05) is 0 Å². The van der Waals surface area contributed by atoms with Crippen molar-refractivity contribution in [1.29, 1.82) is 0 Å². The van der Waals surface area contributed by atoms with E-state index in [9.17, 15) is 0 Å². The summed E-state index contributed by atoms with van der Waals surface area (Å²) in [4.78, 5) is 0. The summed E-state index contributed by atoms with van der Waals surface area (Å²) < 4.78 is 9.81. The number of hydrogen-bond acceptors (Lipinski definition) is 6. The smallest absolute Gasteiger partial charge is 0.154 e. The van der Waals surface area contributed by atoms with Crippen molar-refractivity contribution in [2.24, 2.45) is 0 Å². The molecule has 0 N–H and O–H groups in total. The van der Waals surface area contributed by atoms with Crippen LogP contribution < -0.4 is 0 Å². The van der Waals surface area contributed by atoms with Gasteiger partial charge in [0.05, 0.1) is 10.0 Å². The minimum Gasteiger partial charge on any atom is -0.243 e. The van der Waals surface area contributed by atoms with Gasteiger partial charge in [0.1, 0.15) is 5.52 Å². The molecule has 0 unspecified atom stereocenters. The van der Waals surface area contributed by atoms with E-state index in [-0.39, 0.29) is 0 Å². The summed E-state index contributed by atoms with van der Waals surface area (Å²) in [5.74, 6) is 0. The number of hydrogen-bond donors (Lipinski definition) is 0. The average Bonchev–Trinajstić information content (AvgIpc) is 3.13. The molecule has 0 saturated carbocycles. The van der Waals surface area contributed by atoms with Gasteiger partial charge in [-0.15, -0.1) is 0 Å². The highest BCUT2D eigenvalue weighted by molar-refractivity contribution is 9.10. The Balaban J connectivity index is 0.000000126. The standard InChI is InChI=1S/C6H2BrClN2O.C6H3ClN2O/c7-3-1-2-4(8)6-5(3)9-11-10-6;7-4-2-1-3-5-6(4)9-10-8-5/h1-2H;1-3H. The summed E-state index contributed by atoms with van der Waals surface area (Å²) in [6.45, 7) is 0. The summed E-state index contributed by atoms with van der Waals surface area (Å²) in [6.07, 6.45) is 0. The van der Waals surface area contributed by atoms with Crippen molar-refractivity contribution >= 4 is 61.2 Å². The molecule has 0 aliphatic carbocycles. The summed E-state index contributed by atoms with van der Waals surface area (Å²) in [7, 11) is 0. The van der Waals surface area contributed by atoms with Crippen molar-refractivity contribution in [2.75, 3.05) is 0 Å². The van der Waals surface area contributed by atoms with Gasteiger partial charge in [-0.25, -0.2) is 9.26 Å². The van der Waals surface area contributed by atoms with Crippen LogP contribution in [0.4, 0.5) is 0 Å². The Hall–Kier alpha value is -1.70. The molecule has 0 atom stereocenters. The lowest BCUT2D eigenvalue weighted by molar-refractivity contribution is 0.315. The molecule has 0 aliphatic rings. The molecule has 21 heavy (non-hydrogen) atoms. The van der Waals surface area contributed by atoms with Crippen LogP contribution in [-0.4, -0.2) is 20.6 Å². The highest BCUT2D eigenvalue weighted by Crippen LogP contribution is 2.26. The molecule has 4 aromatic rings. The van der Waals surface area contributed by atoms with Crippen LogP contribution in [0.5, 0.6) is 0 Å². The van der Waals surface area contributed by atoms with Gasteiger partial charge in [-0.2, -0.15) is 0 Å². The Morgan fingerprint density at radius 3 is 2.19 bits per heavy atom. The van der Waals surface area contributed by atoms with E-state index < -0.39 is 0 Å². The maximum atomic E-state index is 5.79. The van der Waals surface area contributed by atoms with Gasteiger partial charge in [-0.05, 0) is 60.8 Å². The van der Waals surface area contributed by atoms with Gasteiger partial charge in [-0.1, -0.05) is 29.3 Å². The minimum absolute atomic E-state index is 0.546. The molecular formula is C12H5BrCl2N4O2. The maximum absolute atomic E-state index is 5.79. The van der Waals surface area contributed by atoms with E-state index in [4.69, 9.17) is 23.2 Å². The number of halogens is 3. The van der Waals surface area contributed by atoms with Crippen LogP contribution in [0.3, 0.4) is 0 Å². The van der Waals surface area contributed by atoms with Crippen LogP contribution in [-0.2, 0) is 0 Å². The number of fused-ring (bicyclic) bond motifs is 2. The van der Waals surface area contributed by atoms with Crippen molar-refractivity contribution in [3.05, 3.63) is 44.8 Å². The van der Waals surface area contributed by atoms with Crippen LogP contribution in [0, 0.1) is 0 Å². The molecule has 0 bridgehead atoms. The third-order valence-electron chi connectivity index (χ3n) is 2.55. The fourth-order valence-corrected chi connectivity index (χ4v) is 2.36. The zero-order valence-electron chi connectivity index (χ0n) is 10.1. The van der Waals surface area contributed by atoms with E-state index in [1.165, 1.54) is 0 Å².